The molecular formula is C12H17N3O. The van der Waals surface area contributed by atoms with Crippen molar-refractivity contribution in [3.8, 4) is 0 Å². The van der Waals surface area contributed by atoms with Crippen molar-refractivity contribution in [1.29, 1.82) is 0 Å². The van der Waals surface area contributed by atoms with Gasteiger partial charge < -0.3 is 5.73 Å². The Morgan fingerprint density at radius 3 is 2.75 bits per heavy atom. The van der Waals surface area contributed by atoms with Crippen LogP contribution in [-0.4, -0.2) is 18.0 Å². The van der Waals surface area contributed by atoms with Gasteiger partial charge in [0.25, 0.3) is 5.91 Å². The average molecular weight is 219 g/mol. The van der Waals surface area contributed by atoms with E-state index >= 15 is 0 Å². The fourth-order valence-electron chi connectivity index (χ4n) is 2.15. The van der Waals surface area contributed by atoms with Crippen LogP contribution in [0.5, 0.6) is 0 Å². The number of carbonyl (C=O) groups excluding carboxylic acids is 1. The van der Waals surface area contributed by atoms with Crippen LogP contribution < -0.4 is 11.6 Å². The van der Waals surface area contributed by atoms with Crippen LogP contribution in [-0.2, 0) is 17.6 Å². The largest absolute Gasteiger partial charge is 0.316 e. The number of benzene rings is 1. The van der Waals surface area contributed by atoms with Crippen LogP contribution in [0.25, 0.3) is 0 Å². The molecule has 4 heteroatoms. The molecule has 1 aromatic rings. The molecule has 2 rings (SSSR count). The first-order valence-electron chi connectivity index (χ1n) is 5.49. The number of hydrazine groups is 1. The summed E-state index contributed by atoms with van der Waals surface area (Å²) in [5, 5.41) is 1.04. The zero-order valence-electron chi connectivity index (χ0n) is 9.44. The minimum atomic E-state index is -0.652. The fraction of sp³-hybridized carbons (Fsp3) is 0.417. The summed E-state index contributed by atoms with van der Waals surface area (Å²) in [7, 11) is 1.51. The number of hydrogen-bond acceptors (Lipinski definition) is 3. The highest BCUT2D eigenvalue weighted by Crippen LogP contribution is 2.25. The van der Waals surface area contributed by atoms with Gasteiger partial charge in [0.1, 0.15) is 6.04 Å². The highest BCUT2D eigenvalue weighted by atomic mass is 16.2. The van der Waals surface area contributed by atoms with Crippen LogP contribution in [0.4, 0.5) is 0 Å². The molecule has 1 amide bonds. The van der Waals surface area contributed by atoms with Gasteiger partial charge in [-0.05, 0) is 36.0 Å². The van der Waals surface area contributed by atoms with E-state index in [0.29, 0.717) is 0 Å². The molecule has 1 aliphatic rings. The van der Waals surface area contributed by atoms with Crippen LogP contribution in [0.1, 0.15) is 29.2 Å². The Kier molecular flexibility index (Phi) is 2.94. The topological polar surface area (TPSA) is 72.3 Å². The van der Waals surface area contributed by atoms with E-state index in [1.54, 1.807) is 0 Å². The van der Waals surface area contributed by atoms with Crippen molar-refractivity contribution in [2.75, 3.05) is 7.05 Å². The summed E-state index contributed by atoms with van der Waals surface area (Å²) in [6.45, 7) is 0. The van der Waals surface area contributed by atoms with Gasteiger partial charge in [-0.25, -0.2) is 5.84 Å². The third-order valence-corrected chi connectivity index (χ3v) is 3.10. The zero-order chi connectivity index (χ0) is 11.7. The van der Waals surface area contributed by atoms with Gasteiger partial charge in [-0.1, -0.05) is 18.2 Å². The SMILES string of the molecule is CN(N)C(=O)C(N)c1ccc2c(c1)CCC2. The van der Waals surface area contributed by atoms with Crippen molar-refractivity contribution in [1.82, 2.24) is 5.01 Å². The summed E-state index contributed by atoms with van der Waals surface area (Å²) in [5.41, 5.74) is 9.41. The van der Waals surface area contributed by atoms with Gasteiger partial charge in [0.2, 0.25) is 0 Å². The maximum Gasteiger partial charge on any atom is 0.257 e. The van der Waals surface area contributed by atoms with Gasteiger partial charge in [0.05, 0.1) is 0 Å². The minimum absolute atomic E-state index is 0.266. The van der Waals surface area contributed by atoms with Crippen LogP contribution in [0.2, 0.25) is 0 Å². The highest BCUT2D eigenvalue weighted by Gasteiger charge is 2.20. The molecule has 0 heterocycles. The maximum absolute atomic E-state index is 11.6. The fourth-order valence-corrected chi connectivity index (χ4v) is 2.15. The Morgan fingerprint density at radius 2 is 2.06 bits per heavy atom. The first-order valence-corrected chi connectivity index (χ1v) is 5.49. The highest BCUT2D eigenvalue weighted by molar-refractivity contribution is 5.82. The second-order valence-electron chi connectivity index (χ2n) is 4.31. The molecule has 4 N–H and O–H groups in total. The smallest absolute Gasteiger partial charge is 0.257 e. The van der Waals surface area contributed by atoms with Crippen molar-refractivity contribution in [2.45, 2.75) is 25.3 Å². The standard InChI is InChI=1S/C12H17N3O/c1-15(14)12(16)11(13)10-6-5-8-3-2-4-9(8)7-10/h5-7,11H,2-4,13-14H2,1H3. The second kappa shape index (κ2) is 4.23. The van der Waals surface area contributed by atoms with Crippen molar-refractivity contribution in [2.24, 2.45) is 11.6 Å². The summed E-state index contributed by atoms with van der Waals surface area (Å²) in [6.07, 6.45) is 3.41. The lowest BCUT2D eigenvalue weighted by Crippen LogP contribution is -2.40. The Hall–Kier alpha value is -1.39. The van der Waals surface area contributed by atoms with Crippen LogP contribution in [0.3, 0.4) is 0 Å². The number of carbonyl (C=O) groups is 1. The molecule has 1 atom stereocenters. The number of fused-ring (bicyclic) bond motifs is 1. The number of rotatable bonds is 2. The third kappa shape index (κ3) is 1.94. The number of hydrogen-bond donors (Lipinski definition) is 2. The summed E-state index contributed by atoms with van der Waals surface area (Å²) in [4.78, 5) is 11.6. The van der Waals surface area contributed by atoms with Gasteiger partial charge in [-0.3, -0.25) is 9.80 Å². The molecule has 1 unspecified atom stereocenters. The molecule has 0 bridgehead atoms. The van der Waals surface area contributed by atoms with Gasteiger partial charge >= 0.3 is 0 Å². The summed E-state index contributed by atoms with van der Waals surface area (Å²) in [5.74, 6) is 5.12. The van der Waals surface area contributed by atoms with Crippen molar-refractivity contribution < 1.29 is 4.79 Å². The molecule has 0 aromatic heterocycles. The number of aryl methyl sites for hydroxylation is 2. The van der Waals surface area contributed by atoms with E-state index in [1.165, 1.54) is 24.6 Å². The summed E-state index contributed by atoms with van der Waals surface area (Å²) >= 11 is 0. The summed E-state index contributed by atoms with van der Waals surface area (Å²) in [6, 6.07) is 5.38. The third-order valence-electron chi connectivity index (χ3n) is 3.10. The predicted molar refractivity (Wildman–Crippen MR) is 62.4 cm³/mol. The average Bonchev–Trinajstić information content (AvgIpc) is 2.73. The number of nitrogens with two attached hydrogens (primary N) is 2. The number of nitrogens with zero attached hydrogens (tertiary/aromatic N) is 1. The molecule has 0 saturated heterocycles. The molecule has 1 aliphatic carbocycles. The molecule has 0 aliphatic heterocycles. The molecule has 86 valence electrons. The minimum Gasteiger partial charge on any atom is -0.316 e. The van der Waals surface area contributed by atoms with Crippen molar-refractivity contribution in [3.05, 3.63) is 34.9 Å². The van der Waals surface area contributed by atoms with E-state index in [-0.39, 0.29) is 5.91 Å². The monoisotopic (exact) mass is 219 g/mol. The van der Waals surface area contributed by atoms with E-state index in [2.05, 4.69) is 6.07 Å². The van der Waals surface area contributed by atoms with E-state index < -0.39 is 6.04 Å². The number of amides is 1. The van der Waals surface area contributed by atoms with E-state index in [1.807, 2.05) is 12.1 Å². The first-order chi connectivity index (χ1) is 7.59. The molecular weight excluding hydrogens is 202 g/mol. The van der Waals surface area contributed by atoms with Crippen molar-refractivity contribution >= 4 is 5.91 Å². The molecule has 1 aromatic carbocycles. The van der Waals surface area contributed by atoms with Gasteiger partial charge in [0, 0.05) is 7.05 Å². The zero-order valence-corrected chi connectivity index (χ0v) is 9.44. The summed E-state index contributed by atoms with van der Waals surface area (Å²) < 4.78 is 0. The van der Waals surface area contributed by atoms with Crippen LogP contribution in [0, 0.1) is 0 Å². The molecule has 0 saturated carbocycles. The molecule has 16 heavy (non-hydrogen) atoms. The Labute approximate surface area is 95.2 Å². The maximum atomic E-state index is 11.6. The molecule has 4 nitrogen and oxygen atoms in total. The first kappa shape index (κ1) is 11.1. The van der Waals surface area contributed by atoms with Gasteiger partial charge in [-0.2, -0.15) is 0 Å². The molecule has 0 fully saturated rings. The Morgan fingerprint density at radius 1 is 1.38 bits per heavy atom. The van der Waals surface area contributed by atoms with Crippen molar-refractivity contribution in [3.63, 3.8) is 0 Å². The Balaban J connectivity index is 2.24. The van der Waals surface area contributed by atoms with Gasteiger partial charge in [0.15, 0.2) is 0 Å². The van der Waals surface area contributed by atoms with Crippen LogP contribution >= 0.6 is 0 Å². The normalized spacial score (nSPS) is 15.7. The molecule has 0 spiro atoms. The van der Waals surface area contributed by atoms with E-state index in [4.69, 9.17) is 11.6 Å². The van der Waals surface area contributed by atoms with E-state index in [9.17, 15) is 4.79 Å². The Bertz CT molecular complexity index is 415. The second-order valence-corrected chi connectivity index (χ2v) is 4.31. The van der Waals surface area contributed by atoms with Gasteiger partial charge in [-0.15, -0.1) is 0 Å². The lowest BCUT2D eigenvalue weighted by Gasteiger charge is -2.17. The van der Waals surface area contributed by atoms with Crippen LogP contribution in [0.15, 0.2) is 18.2 Å². The van der Waals surface area contributed by atoms with E-state index in [0.717, 1.165) is 23.4 Å². The predicted octanol–water partition coefficient (Wildman–Crippen LogP) is 0.507. The lowest BCUT2D eigenvalue weighted by molar-refractivity contribution is -0.131. The quantitative estimate of drug-likeness (QED) is 0.432. The number of likely N-dealkylation sites (N-methyl/N-ethyl adjacent to an activating group) is 1. The molecule has 0 radical (unpaired) electrons. The lowest BCUT2D eigenvalue weighted by atomic mass is 10.0.